The van der Waals surface area contributed by atoms with Gasteiger partial charge >= 0.3 is 0 Å². The average Bonchev–Trinajstić information content (AvgIpc) is 3.03. The smallest absolute Gasteiger partial charge is 0.277 e. The van der Waals surface area contributed by atoms with Gasteiger partial charge in [-0.05, 0) is 36.6 Å². The third-order valence-electron chi connectivity index (χ3n) is 5.28. The van der Waals surface area contributed by atoms with E-state index < -0.39 is 0 Å². The molecule has 1 heterocycles. The highest BCUT2D eigenvalue weighted by atomic mass is 16.5. The minimum atomic E-state index is -0.306. The minimum Gasteiger partial charge on any atom is -0.385 e. The Hall–Kier alpha value is -3.45. The van der Waals surface area contributed by atoms with Crippen LogP contribution in [-0.4, -0.2) is 54.3 Å². The molecule has 32 heavy (non-hydrogen) atoms. The van der Waals surface area contributed by atoms with Gasteiger partial charge in [0.2, 0.25) is 5.91 Å². The zero-order chi connectivity index (χ0) is 23.1. The van der Waals surface area contributed by atoms with Crippen molar-refractivity contribution in [2.24, 2.45) is 0 Å². The molecule has 2 aromatic rings. The van der Waals surface area contributed by atoms with E-state index in [1.807, 2.05) is 42.2 Å². The van der Waals surface area contributed by atoms with Gasteiger partial charge in [0, 0.05) is 46.0 Å². The fourth-order valence-electron chi connectivity index (χ4n) is 3.76. The molecule has 0 aliphatic carbocycles. The number of rotatable bonds is 10. The molecule has 1 N–H and O–H groups in total. The molecule has 2 aromatic carbocycles. The Morgan fingerprint density at radius 2 is 1.72 bits per heavy atom. The minimum absolute atomic E-state index is 0.172. The van der Waals surface area contributed by atoms with Crippen LogP contribution in [0.15, 0.2) is 60.3 Å². The maximum Gasteiger partial charge on any atom is 0.277 e. The topological polar surface area (TPSA) is 79.0 Å². The Kier molecular flexibility index (Phi) is 7.78. The van der Waals surface area contributed by atoms with Crippen LogP contribution in [0.3, 0.4) is 0 Å². The lowest BCUT2D eigenvalue weighted by atomic mass is 10.0. The van der Waals surface area contributed by atoms with Crippen molar-refractivity contribution in [1.29, 1.82) is 0 Å². The van der Waals surface area contributed by atoms with E-state index in [2.05, 4.69) is 5.32 Å². The molecule has 1 aliphatic rings. The second kappa shape index (κ2) is 10.7. The van der Waals surface area contributed by atoms with Crippen molar-refractivity contribution >= 4 is 29.0 Å². The number of likely N-dealkylation sites (N-methyl/N-ethyl adjacent to an activating group) is 1. The first kappa shape index (κ1) is 23.2. The summed E-state index contributed by atoms with van der Waals surface area (Å²) in [6, 6.07) is 16.9. The number of benzene rings is 2. The van der Waals surface area contributed by atoms with Crippen LogP contribution in [-0.2, 0) is 25.7 Å². The van der Waals surface area contributed by atoms with Crippen LogP contribution in [0.4, 0.5) is 5.69 Å². The highest BCUT2D eigenvalue weighted by Gasteiger charge is 2.40. The lowest BCUT2D eigenvalue weighted by molar-refractivity contribution is -0.137. The van der Waals surface area contributed by atoms with E-state index in [1.165, 1.54) is 11.8 Å². The quantitative estimate of drug-likeness (QED) is 0.458. The van der Waals surface area contributed by atoms with Crippen LogP contribution in [0.1, 0.15) is 31.4 Å². The number of hydrogen-bond acceptors (Lipinski definition) is 5. The Morgan fingerprint density at radius 1 is 1.03 bits per heavy atom. The molecule has 3 rings (SSSR count). The number of imide groups is 1. The van der Waals surface area contributed by atoms with E-state index >= 15 is 0 Å². The largest absolute Gasteiger partial charge is 0.385 e. The van der Waals surface area contributed by atoms with Crippen LogP contribution >= 0.6 is 0 Å². The van der Waals surface area contributed by atoms with Crippen LogP contribution in [0.2, 0.25) is 0 Å². The standard InChI is InChI=1S/C25H29N3O4/c1-4-27(17-19-9-6-5-7-10-19)23-22(20-11-13-21(14-12-20)26-18(2)29)24(30)28(25(23)31)15-8-16-32-3/h5-7,9-14H,4,8,15-17H2,1-3H3,(H,26,29). The van der Waals surface area contributed by atoms with E-state index in [9.17, 15) is 14.4 Å². The maximum atomic E-state index is 13.4. The first-order valence-electron chi connectivity index (χ1n) is 10.7. The molecule has 0 unspecified atom stereocenters. The van der Waals surface area contributed by atoms with Gasteiger partial charge in [-0.1, -0.05) is 42.5 Å². The maximum absolute atomic E-state index is 13.4. The van der Waals surface area contributed by atoms with Gasteiger partial charge in [0.1, 0.15) is 5.70 Å². The van der Waals surface area contributed by atoms with Gasteiger partial charge in [-0.15, -0.1) is 0 Å². The van der Waals surface area contributed by atoms with Crippen molar-refractivity contribution < 1.29 is 19.1 Å². The van der Waals surface area contributed by atoms with E-state index in [-0.39, 0.29) is 17.7 Å². The molecule has 0 saturated carbocycles. The molecule has 7 heteroatoms. The highest BCUT2D eigenvalue weighted by Crippen LogP contribution is 2.33. The summed E-state index contributed by atoms with van der Waals surface area (Å²) in [5, 5.41) is 2.72. The second-order valence-electron chi connectivity index (χ2n) is 7.59. The lowest BCUT2D eigenvalue weighted by Crippen LogP contribution is -2.36. The summed E-state index contributed by atoms with van der Waals surface area (Å²) in [5.41, 5.74) is 3.13. The molecule has 168 valence electrons. The molecular weight excluding hydrogens is 406 g/mol. The Bertz CT molecular complexity index is 1000. The summed E-state index contributed by atoms with van der Waals surface area (Å²) in [6.45, 7) is 5.26. The monoisotopic (exact) mass is 435 g/mol. The van der Waals surface area contributed by atoms with E-state index in [0.29, 0.717) is 55.2 Å². The van der Waals surface area contributed by atoms with Crippen LogP contribution in [0, 0.1) is 0 Å². The fraction of sp³-hybridized carbons (Fsp3) is 0.320. The van der Waals surface area contributed by atoms with Crippen molar-refractivity contribution in [1.82, 2.24) is 9.80 Å². The summed E-state index contributed by atoms with van der Waals surface area (Å²) in [4.78, 5) is 41.4. The molecule has 0 fully saturated rings. The number of anilines is 1. The third kappa shape index (κ3) is 5.23. The first-order chi connectivity index (χ1) is 15.5. The molecular formula is C25H29N3O4. The number of methoxy groups -OCH3 is 1. The molecule has 0 atom stereocenters. The zero-order valence-corrected chi connectivity index (χ0v) is 18.8. The van der Waals surface area contributed by atoms with Gasteiger partial charge in [-0.3, -0.25) is 19.3 Å². The van der Waals surface area contributed by atoms with E-state index in [0.717, 1.165) is 5.56 Å². The molecule has 0 aromatic heterocycles. The van der Waals surface area contributed by atoms with Crippen molar-refractivity contribution in [3.8, 4) is 0 Å². The van der Waals surface area contributed by atoms with E-state index in [1.54, 1.807) is 31.4 Å². The van der Waals surface area contributed by atoms with Crippen molar-refractivity contribution in [2.45, 2.75) is 26.8 Å². The fourth-order valence-corrected chi connectivity index (χ4v) is 3.76. The summed E-state index contributed by atoms with van der Waals surface area (Å²) >= 11 is 0. The number of carbonyl (C=O) groups is 3. The van der Waals surface area contributed by atoms with E-state index in [4.69, 9.17) is 4.74 Å². The summed E-state index contributed by atoms with van der Waals surface area (Å²) in [6.07, 6.45) is 0.570. The second-order valence-corrected chi connectivity index (χ2v) is 7.59. The number of amides is 3. The Labute approximate surface area is 188 Å². The molecule has 0 bridgehead atoms. The summed E-state index contributed by atoms with van der Waals surface area (Å²) < 4.78 is 5.10. The summed E-state index contributed by atoms with van der Waals surface area (Å²) in [7, 11) is 1.60. The number of nitrogens with one attached hydrogen (secondary N) is 1. The molecule has 0 spiro atoms. The summed E-state index contributed by atoms with van der Waals surface area (Å²) in [5.74, 6) is -0.765. The van der Waals surface area contributed by atoms with Gasteiger partial charge < -0.3 is 15.0 Å². The molecule has 0 saturated heterocycles. The van der Waals surface area contributed by atoms with Crippen molar-refractivity contribution in [3.63, 3.8) is 0 Å². The molecule has 0 radical (unpaired) electrons. The predicted octanol–water partition coefficient (Wildman–Crippen LogP) is 3.28. The van der Waals surface area contributed by atoms with Crippen molar-refractivity contribution in [2.75, 3.05) is 32.1 Å². The van der Waals surface area contributed by atoms with Gasteiger partial charge in [0.25, 0.3) is 11.8 Å². The molecule has 1 aliphatic heterocycles. The van der Waals surface area contributed by atoms with Gasteiger partial charge in [-0.2, -0.15) is 0 Å². The number of ether oxygens (including phenoxy) is 1. The SMILES string of the molecule is CCN(Cc1ccccc1)C1=C(c2ccc(NC(C)=O)cc2)C(=O)N(CCCOC)C1=O. The number of nitrogens with zero attached hydrogens (tertiary/aromatic N) is 2. The number of carbonyl (C=O) groups excluding carboxylic acids is 3. The first-order valence-corrected chi connectivity index (χ1v) is 10.7. The molecule has 3 amide bonds. The van der Waals surface area contributed by atoms with Crippen molar-refractivity contribution in [3.05, 3.63) is 71.4 Å². The van der Waals surface area contributed by atoms with Gasteiger partial charge in [0.05, 0.1) is 5.57 Å². The van der Waals surface area contributed by atoms with Gasteiger partial charge in [-0.25, -0.2) is 0 Å². The van der Waals surface area contributed by atoms with Gasteiger partial charge in [0.15, 0.2) is 0 Å². The zero-order valence-electron chi connectivity index (χ0n) is 18.8. The van der Waals surface area contributed by atoms with Crippen LogP contribution in [0.5, 0.6) is 0 Å². The highest BCUT2D eigenvalue weighted by molar-refractivity contribution is 6.35. The molecule has 7 nitrogen and oxygen atoms in total. The van der Waals surface area contributed by atoms with Crippen LogP contribution < -0.4 is 5.32 Å². The third-order valence-corrected chi connectivity index (χ3v) is 5.28. The Balaban J connectivity index is 2.00. The normalized spacial score (nSPS) is 13.7. The lowest BCUT2D eigenvalue weighted by Gasteiger charge is -2.25. The van der Waals surface area contributed by atoms with Crippen LogP contribution in [0.25, 0.3) is 5.57 Å². The predicted molar refractivity (Wildman–Crippen MR) is 123 cm³/mol. The Morgan fingerprint density at radius 3 is 2.31 bits per heavy atom. The average molecular weight is 436 g/mol. The number of hydrogen-bond donors (Lipinski definition) is 1.